The number of carbonyl (C=O) groups excluding carboxylic acids is 1. The van der Waals surface area contributed by atoms with Crippen LogP contribution < -0.4 is 5.32 Å². The van der Waals surface area contributed by atoms with E-state index in [0.717, 1.165) is 63.7 Å². The molecule has 2 unspecified atom stereocenters. The second-order valence-corrected chi connectivity index (χ2v) is 8.63. The van der Waals surface area contributed by atoms with Gasteiger partial charge in [-0.1, -0.05) is 24.9 Å². The highest BCUT2D eigenvalue weighted by Crippen LogP contribution is 2.30. The molecule has 1 saturated heterocycles. The van der Waals surface area contributed by atoms with Gasteiger partial charge >= 0.3 is 0 Å². The highest BCUT2D eigenvalue weighted by molar-refractivity contribution is 6.30. The summed E-state index contributed by atoms with van der Waals surface area (Å²) in [6.45, 7) is 3.85. The summed E-state index contributed by atoms with van der Waals surface area (Å²) >= 11 is 6.24. The summed E-state index contributed by atoms with van der Waals surface area (Å²) < 4.78 is 2.11. The van der Waals surface area contributed by atoms with Crippen LogP contribution >= 0.6 is 11.6 Å². The predicted molar refractivity (Wildman–Crippen MR) is 111 cm³/mol. The van der Waals surface area contributed by atoms with E-state index in [1.165, 1.54) is 0 Å². The Balaban J connectivity index is 1.52. The molecular weight excluding hydrogens is 390 g/mol. The van der Waals surface area contributed by atoms with Crippen molar-refractivity contribution in [3.05, 3.63) is 16.7 Å². The highest BCUT2D eigenvalue weighted by Gasteiger charge is 2.30. The maximum Gasteiger partial charge on any atom is 0.237 e. The monoisotopic (exact) mass is 421 g/mol. The summed E-state index contributed by atoms with van der Waals surface area (Å²) in [5.41, 5.74) is 0.709. The molecule has 7 nitrogen and oxygen atoms in total. The SMILES string of the molecule is CCCCc1nc(Cl)c(CO)n1CC1CCC(NCC(=O)N2CCC[C@H]2C#N)C1. The summed E-state index contributed by atoms with van der Waals surface area (Å²) in [5.74, 6) is 1.46. The minimum Gasteiger partial charge on any atom is -0.390 e. The topological polar surface area (TPSA) is 94.2 Å². The number of nitrogens with one attached hydrogen (secondary N) is 1. The van der Waals surface area contributed by atoms with Crippen LogP contribution in [0.1, 0.15) is 63.4 Å². The number of nitriles is 1. The van der Waals surface area contributed by atoms with Gasteiger partial charge in [-0.2, -0.15) is 5.26 Å². The van der Waals surface area contributed by atoms with Crippen molar-refractivity contribution in [1.82, 2.24) is 19.8 Å². The number of hydrogen-bond acceptors (Lipinski definition) is 5. The maximum absolute atomic E-state index is 12.4. The summed E-state index contributed by atoms with van der Waals surface area (Å²) in [6.07, 6.45) is 7.80. The van der Waals surface area contributed by atoms with Crippen LogP contribution in [0.25, 0.3) is 0 Å². The van der Waals surface area contributed by atoms with Crippen molar-refractivity contribution in [2.24, 2.45) is 5.92 Å². The fourth-order valence-corrected chi connectivity index (χ4v) is 4.87. The van der Waals surface area contributed by atoms with Gasteiger partial charge in [0.05, 0.1) is 24.9 Å². The van der Waals surface area contributed by atoms with Gasteiger partial charge in [-0.05, 0) is 44.4 Å². The number of aliphatic hydroxyl groups is 1. The molecule has 0 radical (unpaired) electrons. The number of aliphatic hydroxyl groups excluding tert-OH is 1. The molecule has 0 bridgehead atoms. The zero-order valence-electron chi connectivity index (χ0n) is 17.2. The Morgan fingerprint density at radius 2 is 2.24 bits per heavy atom. The molecule has 2 N–H and O–H groups in total. The Kier molecular flexibility index (Phi) is 7.93. The molecule has 1 aliphatic heterocycles. The first-order chi connectivity index (χ1) is 14.1. The number of nitrogens with zero attached hydrogens (tertiary/aromatic N) is 4. The number of likely N-dealkylation sites (tertiary alicyclic amines) is 1. The molecular formula is C21H32ClN5O2. The Morgan fingerprint density at radius 1 is 1.41 bits per heavy atom. The van der Waals surface area contributed by atoms with Gasteiger partial charge in [-0.3, -0.25) is 4.79 Å². The van der Waals surface area contributed by atoms with Crippen LogP contribution in [0, 0.1) is 17.2 Å². The van der Waals surface area contributed by atoms with Gasteiger partial charge in [0.2, 0.25) is 5.91 Å². The van der Waals surface area contributed by atoms with Crippen LogP contribution in [-0.2, 0) is 24.4 Å². The van der Waals surface area contributed by atoms with Crippen molar-refractivity contribution in [3.8, 4) is 6.07 Å². The quantitative estimate of drug-likeness (QED) is 0.639. The Hall–Kier alpha value is -1.62. The lowest BCUT2D eigenvalue weighted by molar-refractivity contribution is -0.130. The van der Waals surface area contributed by atoms with E-state index in [1.54, 1.807) is 4.90 Å². The minimum absolute atomic E-state index is 0.0308. The Morgan fingerprint density at radius 3 is 2.97 bits per heavy atom. The van der Waals surface area contributed by atoms with Crippen molar-refractivity contribution < 1.29 is 9.90 Å². The number of unbranched alkanes of at least 4 members (excludes halogenated alkanes) is 1. The molecule has 8 heteroatoms. The van der Waals surface area contributed by atoms with Crippen LogP contribution in [0.3, 0.4) is 0 Å². The van der Waals surface area contributed by atoms with Gasteiger partial charge in [0, 0.05) is 25.6 Å². The first-order valence-electron chi connectivity index (χ1n) is 10.8. The van der Waals surface area contributed by atoms with E-state index in [1.807, 2.05) is 0 Å². The molecule has 2 fully saturated rings. The van der Waals surface area contributed by atoms with Gasteiger partial charge in [0.15, 0.2) is 5.15 Å². The first kappa shape index (κ1) is 22.1. The molecule has 1 aliphatic carbocycles. The first-order valence-corrected chi connectivity index (χ1v) is 11.2. The standard InChI is InChI=1S/C21H32ClN5O2/c1-2-3-6-19-25-21(22)18(14-28)27(19)13-15-7-8-16(10-15)24-12-20(29)26-9-4-5-17(26)11-23/h15-17,24,28H,2-10,12-14H2,1H3/t15?,16?,17-/m0/s1. The van der Waals surface area contributed by atoms with E-state index < -0.39 is 0 Å². The number of halogens is 1. The number of aryl methyl sites for hydroxylation is 1. The van der Waals surface area contributed by atoms with Crippen LogP contribution in [0.4, 0.5) is 0 Å². The van der Waals surface area contributed by atoms with Crippen molar-refractivity contribution in [2.75, 3.05) is 13.1 Å². The van der Waals surface area contributed by atoms with Crippen LogP contribution in [0.5, 0.6) is 0 Å². The molecule has 2 heterocycles. The Bertz CT molecular complexity index is 744. The van der Waals surface area contributed by atoms with Gasteiger partial charge in [0.1, 0.15) is 11.9 Å². The average molecular weight is 422 g/mol. The molecule has 1 aromatic heterocycles. The average Bonchev–Trinajstić information content (AvgIpc) is 3.43. The van der Waals surface area contributed by atoms with Gasteiger partial charge in [-0.25, -0.2) is 4.98 Å². The minimum atomic E-state index is -0.259. The van der Waals surface area contributed by atoms with Crippen LogP contribution in [0.15, 0.2) is 0 Å². The summed E-state index contributed by atoms with van der Waals surface area (Å²) in [5, 5.41) is 22.7. The molecule has 1 saturated carbocycles. The van der Waals surface area contributed by atoms with Gasteiger partial charge in [-0.15, -0.1) is 0 Å². The van der Waals surface area contributed by atoms with E-state index in [0.29, 0.717) is 35.9 Å². The number of carbonyl (C=O) groups is 1. The zero-order chi connectivity index (χ0) is 20.8. The largest absolute Gasteiger partial charge is 0.390 e. The third-order valence-electron chi connectivity index (χ3n) is 6.25. The summed E-state index contributed by atoms with van der Waals surface area (Å²) in [4.78, 5) is 18.6. The van der Waals surface area contributed by atoms with Crippen LogP contribution in [0.2, 0.25) is 5.15 Å². The van der Waals surface area contributed by atoms with Crippen LogP contribution in [-0.4, -0.2) is 50.6 Å². The van der Waals surface area contributed by atoms with Crippen molar-refractivity contribution in [1.29, 1.82) is 5.26 Å². The van der Waals surface area contributed by atoms with Crippen molar-refractivity contribution in [3.63, 3.8) is 0 Å². The molecule has 0 aromatic carbocycles. The Labute approximate surface area is 178 Å². The number of imidazole rings is 1. The van der Waals surface area contributed by atoms with E-state index in [9.17, 15) is 9.90 Å². The third kappa shape index (κ3) is 5.30. The second-order valence-electron chi connectivity index (χ2n) is 8.27. The molecule has 160 valence electrons. The highest BCUT2D eigenvalue weighted by atomic mass is 35.5. The van der Waals surface area contributed by atoms with Gasteiger partial charge in [0.25, 0.3) is 0 Å². The fourth-order valence-electron chi connectivity index (χ4n) is 4.61. The number of hydrogen-bond donors (Lipinski definition) is 2. The number of rotatable bonds is 9. The normalized spacial score (nSPS) is 24.2. The molecule has 29 heavy (non-hydrogen) atoms. The summed E-state index contributed by atoms with van der Waals surface area (Å²) in [7, 11) is 0. The van der Waals surface area contributed by atoms with E-state index in [-0.39, 0.29) is 18.6 Å². The number of aromatic nitrogens is 2. The molecule has 3 atom stereocenters. The number of amides is 1. The van der Waals surface area contributed by atoms with E-state index in [4.69, 9.17) is 16.9 Å². The van der Waals surface area contributed by atoms with E-state index >= 15 is 0 Å². The smallest absolute Gasteiger partial charge is 0.237 e. The molecule has 1 amide bonds. The van der Waals surface area contributed by atoms with Crippen molar-refractivity contribution >= 4 is 17.5 Å². The molecule has 0 spiro atoms. The lowest BCUT2D eigenvalue weighted by atomic mass is 10.1. The van der Waals surface area contributed by atoms with E-state index in [2.05, 4.69) is 27.9 Å². The molecule has 1 aromatic rings. The predicted octanol–water partition coefficient (Wildman–Crippen LogP) is 2.64. The van der Waals surface area contributed by atoms with Gasteiger partial charge < -0.3 is 19.9 Å². The third-order valence-corrected chi connectivity index (χ3v) is 6.56. The second kappa shape index (κ2) is 10.4. The summed E-state index contributed by atoms with van der Waals surface area (Å²) in [6, 6.07) is 2.28. The molecule has 2 aliphatic rings. The van der Waals surface area contributed by atoms with Crippen molar-refractivity contribution in [2.45, 2.75) is 83.5 Å². The lowest BCUT2D eigenvalue weighted by Gasteiger charge is -2.21. The molecule has 3 rings (SSSR count). The lowest BCUT2D eigenvalue weighted by Crippen LogP contribution is -2.42. The maximum atomic E-state index is 12.4. The zero-order valence-corrected chi connectivity index (χ0v) is 18.0. The fraction of sp³-hybridized carbons (Fsp3) is 0.762.